The smallest absolute Gasteiger partial charge is 0.247 e. The van der Waals surface area contributed by atoms with Crippen molar-refractivity contribution in [1.82, 2.24) is 14.5 Å². The average molecular weight is 478 g/mol. The maximum atomic E-state index is 14.4. The monoisotopic (exact) mass is 477 g/mol. The second-order valence-corrected chi connectivity index (χ2v) is 9.51. The fourth-order valence-corrected chi connectivity index (χ4v) is 4.78. The van der Waals surface area contributed by atoms with Crippen LogP contribution in [0.5, 0.6) is 0 Å². The van der Waals surface area contributed by atoms with Gasteiger partial charge in [0.05, 0.1) is 23.5 Å². The number of amides is 1. The summed E-state index contributed by atoms with van der Waals surface area (Å²) < 4.78 is 22.2. The summed E-state index contributed by atoms with van der Waals surface area (Å²) >= 11 is 1.54. The van der Waals surface area contributed by atoms with Crippen molar-refractivity contribution in [3.8, 4) is 11.3 Å². The molecule has 1 amide bonds. The number of hydrogen-bond donors (Lipinski definition) is 2. The van der Waals surface area contributed by atoms with Crippen molar-refractivity contribution in [1.29, 1.82) is 0 Å². The Morgan fingerprint density at radius 3 is 3.00 bits per heavy atom. The molecule has 9 heteroatoms. The summed E-state index contributed by atoms with van der Waals surface area (Å²) in [5.41, 5.74) is 2.46. The third-order valence-electron chi connectivity index (χ3n) is 5.79. The summed E-state index contributed by atoms with van der Waals surface area (Å²) in [6.07, 6.45) is 6.00. The molecule has 1 fully saturated rings. The molecule has 7 nitrogen and oxygen atoms in total. The van der Waals surface area contributed by atoms with Crippen molar-refractivity contribution in [3.63, 3.8) is 0 Å². The Morgan fingerprint density at radius 1 is 1.38 bits per heavy atom. The maximum absolute atomic E-state index is 14.4. The molecule has 1 aromatic carbocycles. The van der Waals surface area contributed by atoms with Crippen LogP contribution in [0.1, 0.15) is 11.3 Å². The van der Waals surface area contributed by atoms with Crippen molar-refractivity contribution in [2.45, 2.75) is 19.9 Å². The minimum Gasteiger partial charge on any atom is -0.381 e. The zero-order valence-electron chi connectivity index (χ0n) is 18.7. The predicted octanol–water partition coefficient (Wildman–Crippen LogP) is 5.51. The van der Waals surface area contributed by atoms with Crippen LogP contribution in [0.25, 0.3) is 22.2 Å². The molecule has 1 unspecified atom stereocenters. The van der Waals surface area contributed by atoms with E-state index in [1.54, 1.807) is 23.5 Å². The molecule has 0 saturated carbocycles. The number of halogens is 1. The molecule has 174 valence electrons. The van der Waals surface area contributed by atoms with Crippen LogP contribution in [0, 0.1) is 18.7 Å². The lowest BCUT2D eigenvalue weighted by Gasteiger charge is -2.14. The number of carbonyl (C=O) groups excluding carboxylic acids is 1. The number of aryl methyl sites for hydroxylation is 1. The molecular weight excluding hydrogens is 453 g/mol. The number of pyridine rings is 1. The SMILES string of the molecule is C=CC(=O)Nc1cc(-c2nc(Nc3ncc(C)s3)cc3c2ccn3CC2CCOC2)ccc1F. The normalized spacial score (nSPS) is 15.5. The van der Waals surface area contributed by atoms with Crippen LogP contribution in [0.3, 0.4) is 0 Å². The molecule has 4 heterocycles. The minimum atomic E-state index is -0.526. The van der Waals surface area contributed by atoms with E-state index in [0.29, 0.717) is 23.0 Å². The molecule has 5 rings (SSSR count). The van der Waals surface area contributed by atoms with Gasteiger partial charge in [0, 0.05) is 53.4 Å². The number of carbonyl (C=O) groups is 1. The largest absolute Gasteiger partial charge is 0.381 e. The average Bonchev–Trinajstić information content (AvgIpc) is 3.58. The summed E-state index contributed by atoms with van der Waals surface area (Å²) in [5, 5.41) is 7.52. The van der Waals surface area contributed by atoms with E-state index in [-0.39, 0.29) is 5.69 Å². The van der Waals surface area contributed by atoms with Crippen LogP contribution in [-0.2, 0) is 16.1 Å². The molecule has 1 aliphatic heterocycles. The van der Waals surface area contributed by atoms with E-state index < -0.39 is 11.7 Å². The Bertz CT molecular complexity index is 1370. The zero-order chi connectivity index (χ0) is 23.7. The highest BCUT2D eigenvalue weighted by molar-refractivity contribution is 7.15. The van der Waals surface area contributed by atoms with Crippen molar-refractivity contribution in [2.75, 3.05) is 23.8 Å². The third kappa shape index (κ3) is 4.57. The second-order valence-electron chi connectivity index (χ2n) is 8.28. The van der Waals surface area contributed by atoms with Gasteiger partial charge in [-0.05, 0) is 43.7 Å². The van der Waals surface area contributed by atoms with E-state index in [9.17, 15) is 9.18 Å². The molecule has 1 saturated heterocycles. The van der Waals surface area contributed by atoms with Gasteiger partial charge in [-0.25, -0.2) is 14.4 Å². The van der Waals surface area contributed by atoms with Gasteiger partial charge in [0.25, 0.3) is 0 Å². The number of benzene rings is 1. The molecule has 4 aromatic rings. The number of aromatic nitrogens is 3. The quantitative estimate of drug-likeness (QED) is 0.343. The molecule has 0 radical (unpaired) electrons. The van der Waals surface area contributed by atoms with Gasteiger partial charge in [-0.1, -0.05) is 6.58 Å². The Hall–Kier alpha value is -3.56. The predicted molar refractivity (Wildman–Crippen MR) is 133 cm³/mol. The van der Waals surface area contributed by atoms with Gasteiger partial charge in [0.2, 0.25) is 5.91 Å². The number of thiazole rings is 1. The number of ether oxygens (including phenoxy) is 1. The van der Waals surface area contributed by atoms with Crippen molar-refractivity contribution in [2.24, 2.45) is 5.92 Å². The Kier molecular flexibility index (Phi) is 6.12. The summed E-state index contributed by atoms with van der Waals surface area (Å²) in [4.78, 5) is 22.1. The highest BCUT2D eigenvalue weighted by atomic mass is 32.1. The molecule has 1 atom stereocenters. The standard InChI is InChI=1S/C25H24FN5O2S/c1-3-23(32)28-20-10-17(4-5-19(20)26)24-18-6-8-31(13-16-7-9-33-14-16)21(18)11-22(29-24)30-25-27-12-15(2)34-25/h3-6,8,10-12,16H,1,7,9,13-14H2,2H3,(H,28,32)(H,27,29,30). The van der Waals surface area contributed by atoms with Gasteiger partial charge in [0.1, 0.15) is 11.6 Å². The van der Waals surface area contributed by atoms with Crippen molar-refractivity contribution >= 4 is 44.8 Å². The molecule has 0 aliphatic carbocycles. The molecule has 34 heavy (non-hydrogen) atoms. The van der Waals surface area contributed by atoms with Gasteiger partial charge in [-0.3, -0.25) is 4.79 Å². The first-order valence-electron chi connectivity index (χ1n) is 11.0. The van der Waals surface area contributed by atoms with Crippen molar-refractivity contribution in [3.05, 3.63) is 66.1 Å². The molecular formula is C25H24FN5O2S. The summed E-state index contributed by atoms with van der Waals surface area (Å²) in [5.74, 6) is 0.0902. The van der Waals surface area contributed by atoms with Crippen LogP contribution in [0.15, 0.2) is 55.4 Å². The molecule has 0 bridgehead atoms. The van der Waals surface area contributed by atoms with E-state index in [0.717, 1.165) is 53.2 Å². The van der Waals surface area contributed by atoms with Crippen LogP contribution in [0.2, 0.25) is 0 Å². The first-order valence-corrected chi connectivity index (χ1v) is 11.8. The summed E-state index contributed by atoms with van der Waals surface area (Å²) in [6, 6.07) is 8.63. The van der Waals surface area contributed by atoms with E-state index in [4.69, 9.17) is 9.72 Å². The van der Waals surface area contributed by atoms with Gasteiger partial charge in [0.15, 0.2) is 5.13 Å². The number of fused-ring (bicyclic) bond motifs is 1. The van der Waals surface area contributed by atoms with Gasteiger partial charge >= 0.3 is 0 Å². The fourth-order valence-electron chi connectivity index (χ4n) is 4.11. The maximum Gasteiger partial charge on any atom is 0.247 e. The molecule has 2 N–H and O–H groups in total. The highest BCUT2D eigenvalue weighted by Gasteiger charge is 2.19. The van der Waals surface area contributed by atoms with E-state index in [1.807, 2.05) is 25.3 Å². The van der Waals surface area contributed by atoms with Crippen LogP contribution in [0.4, 0.5) is 21.0 Å². The first-order chi connectivity index (χ1) is 16.5. The van der Waals surface area contributed by atoms with Crippen LogP contribution < -0.4 is 10.6 Å². The number of anilines is 3. The second kappa shape index (κ2) is 9.36. The highest BCUT2D eigenvalue weighted by Crippen LogP contribution is 2.34. The molecule has 0 spiro atoms. The number of hydrogen-bond acceptors (Lipinski definition) is 6. The lowest BCUT2D eigenvalue weighted by atomic mass is 10.1. The minimum absolute atomic E-state index is 0.0776. The molecule has 1 aliphatic rings. The van der Waals surface area contributed by atoms with Gasteiger partial charge in [-0.15, -0.1) is 11.3 Å². The van der Waals surface area contributed by atoms with Gasteiger partial charge in [-0.2, -0.15) is 0 Å². The lowest BCUT2D eigenvalue weighted by Crippen LogP contribution is -2.10. The van der Waals surface area contributed by atoms with Crippen LogP contribution in [-0.4, -0.2) is 33.7 Å². The number of nitrogens with one attached hydrogen (secondary N) is 2. The van der Waals surface area contributed by atoms with E-state index in [2.05, 4.69) is 33.0 Å². The number of rotatable bonds is 7. The fraction of sp³-hybridized carbons (Fsp3) is 0.240. The first kappa shape index (κ1) is 22.2. The zero-order valence-corrected chi connectivity index (χ0v) is 19.5. The Labute approximate surface area is 200 Å². The molecule has 3 aromatic heterocycles. The Balaban J connectivity index is 1.60. The Morgan fingerprint density at radius 2 is 2.26 bits per heavy atom. The lowest BCUT2D eigenvalue weighted by molar-refractivity contribution is -0.111. The van der Waals surface area contributed by atoms with E-state index in [1.165, 1.54) is 6.07 Å². The topological polar surface area (TPSA) is 81.1 Å². The number of nitrogens with zero attached hydrogens (tertiary/aromatic N) is 3. The van der Waals surface area contributed by atoms with Crippen LogP contribution >= 0.6 is 11.3 Å². The van der Waals surface area contributed by atoms with E-state index >= 15 is 0 Å². The summed E-state index contributed by atoms with van der Waals surface area (Å²) in [6.45, 7) is 7.82. The van der Waals surface area contributed by atoms with Crippen molar-refractivity contribution < 1.29 is 13.9 Å². The summed E-state index contributed by atoms with van der Waals surface area (Å²) in [7, 11) is 0. The van der Waals surface area contributed by atoms with Gasteiger partial charge < -0.3 is 19.9 Å². The third-order valence-corrected chi connectivity index (χ3v) is 6.61.